The Morgan fingerprint density at radius 1 is 1.38 bits per heavy atom. The summed E-state index contributed by atoms with van der Waals surface area (Å²) in [7, 11) is 0. The summed E-state index contributed by atoms with van der Waals surface area (Å²) in [5.74, 6) is 0.624. The second kappa shape index (κ2) is 7.65. The number of carbonyl (C=O) groups is 1. The number of nitrogens with one attached hydrogen (secondary N) is 1. The van der Waals surface area contributed by atoms with Gasteiger partial charge in [-0.05, 0) is 44.0 Å². The summed E-state index contributed by atoms with van der Waals surface area (Å²) < 4.78 is 10.9. The molecule has 0 aliphatic carbocycles. The molecule has 1 aromatic heterocycles. The van der Waals surface area contributed by atoms with E-state index in [9.17, 15) is 15.0 Å². The maximum Gasteiger partial charge on any atom is 0.287 e. The fraction of sp³-hybridized carbons (Fsp3) is 0.706. The molecule has 0 bridgehead atoms. The monoisotopic (exact) mass is 338 g/mol. The van der Waals surface area contributed by atoms with E-state index < -0.39 is 12.2 Å². The molecule has 2 aliphatic rings. The number of nitrogens with zero attached hydrogens (tertiary/aromatic N) is 1. The molecule has 0 saturated carbocycles. The van der Waals surface area contributed by atoms with Crippen LogP contribution in [-0.4, -0.2) is 71.6 Å². The lowest BCUT2D eigenvalue weighted by molar-refractivity contribution is -0.0209. The van der Waals surface area contributed by atoms with E-state index in [-0.39, 0.29) is 37.0 Å². The lowest BCUT2D eigenvalue weighted by atomic mass is 9.94. The number of rotatable bonds is 5. The van der Waals surface area contributed by atoms with Gasteiger partial charge < -0.3 is 24.7 Å². The first-order chi connectivity index (χ1) is 11.6. The van der Waals surface area contributed by atoms with Crippen LogP contribution in [-0.2, 0) is 4.74 Å². The summed E-state index contributed by atoms with van der Waals surface area (Å²) in [6.45, 7) is 4.06. The Morgan fingerprint density at radius 2 is 2.12 bits per heavy atom. The number of hydrogen-bond acceptors (Lipinski definition) is 6. The fourth-order valence-corrected chi connectivity index (χ4v) is 3.61. The van der Waals surface area contributed by atoms with Crippen LogP contribution in [0.5, 0.6) is 0 Å². The summed E-state index contributed by atoms with van der Waals surface area (Å²) in [5.41, 5.74) is 0. The van der Waals surface area contributed by atoms with Gasteiger partial charge in [-0.15, -0.1) is 0 Å². The summed E-state index contributed by atoms with van der Waals surface area (Å²) in [5, 5.41) is 22.8. The standard InChI is InChI=1S/C17H26N2O5/c1-11-4-6-19(7-5-11)15-13(24-14(10-20)16(15)21)9-18-17(22)12-3-2-8-23-12/h2-3,8,11,13-16,20-21H,4-7,9-10H2,1H3,(H,18,22)/t13-,14+,15-,16-/m1/s1. The molecule has 24 heavy (non-hydrogen) atoms. The molecule has 0 unspecified atom stereocenters. The summed E-state index contributed by atoms with van der Waals surface area (Å²) in [4.78, 5) is 14.3. The zero-order valence-electron chi connectivity index (χ0n) is 13.9. The number of amides is 1. The van der Waals surface area contributed by atoms with Gasteiger partial charge in [0.2, 0.25) is 0 Å². The first-order valence-corrected chi connectivity index (χ1v) is 8.60. The van der Waals surface area contributed by atoms with E-state index in [0.717, 1.165) is 25.9 Å². The maximum absolute atomic E-state index is 12.0. The highest BCUT2D eigenvalue weighted by Crippen LogP contribution is 2.29. The molecular formula is C17H26N2O5. The van der Waals surface area contributed by atoms with Crippen molar-refractivity contribution in [3.63, 3.8) is 0 Å². The molecule has 0 aromatic carbocycles. The molecule has 0 radical (unpaired) electrons. The Kier molecular flexibility index (Phi) is 5.55. The van der Waals surface area contributed by atoms with Gasteiger partial charge in [0.15, 0.2) is 5.76 Å². The smallest absolute Gasteiger partial charge is 0.287 e. The Balaban J connectivity index is 1.63. The van der Waals surface area contributed by atoms with Gasteiger partial charge in [0.05, 0.1) is 25.0 Å². The zero-order valence-corrected chi connectivity index (χ0v) is 13.9. The van der Waals surface area contributed by atoms with E-state index in [0.29, 0.717) is 5.92 Å². The minimum atomic E-state index is -0.756. The predicted octanol–water partition coefficient (Wildman–Crippen LogP) is 0.231. The van der Waals surface area contributed by atoms with Crippen LogP contribution in [0.4, 0.5) is 0 Å². The topological polar surface area (TPSA) is 95.2 Å². The summed E-state index contributed by atoms with van der Waals surface area (Å²) in [6.07, 6.45) is 1.89. The first-order valence-electron chi connectivity index (χ1n) is 8.60. The molecule has 2 saturated heterocycles. The lowest BCUT2D eigenvalue weighted by Crippen LogP contribution is -2.53. The normalized spacial score (nSPS) is 32.1. The second-order valence-electron chi connectivity index (χ2n) is 6.78. The van der Waals surface area contributed by atoms with E-state index in [1.54, 1.807) is 12.1 Å². The molecule has 3 N–H and O–H groups in total. The van der Waals surface area contributed by atoms with Crippen LogP contribution in [0.2, 0.25) is 0 Å². The Hall–Kier alpha value is -1.41. The van der Waals surface area contributed by atoms with Gasteiger partial charge in [0.1, 0.15) is 12.2 Å². The molecule has 2 fully saturated rings. The fourth-order valence-electron chi connectivity index (χ4n) is 3.61. The maximum atomic E-state index is 12.0. The van der Waals surface area contributed by atoms with Crippen molar-refractivity contribution >= 4 is 5.91 Å². The predicted molar refractivity (Wildman–Crippen MR) is 86.6 cm³/mol. The van der Waals surface area contributed by atoms with Gasteiger partial charge >= 0.3 is 0 Å². The van der Waals surface area contributed by atoms with Crippen molar-refractivity contribution < 1.29 is 24.2 Å². The zero-order chi connectivity index (χ0) is 17.1. The summed E-state index contributed by atoms with van der Waals surface area (Å²) in [6, 6.07) is 3.04. The largest absolute Gasteiger partial charge is 0.459 e. The quantitative estimate of drug-likeness (QED) is 0.711. The average Bonchev–Trinajstić information content (AvgIpc) is 3.22. The number of ether oxygens (including phenoxy) is 1. The van der Waals surface area contributed by atoms with Crippen molar-refractivity contribution in [2.75, 3.05) is 26.2 Å². The minimum Gasteiger partial charge on any atom is -0.459 e. The van der Waals surface area contributed by atoms with Gasteiger partial charge in [0, 0.05) is 6.54 Å². The van der Waals surface area contributed by atoms with E-state index in [1.165, 1.54) is 6.26 Å². The third kappa shape index (κ3) is 3.64. The Labute approximate surface area is 141 Å². The molecule has 2 aliphatic heterocycles. The number of likely N-dealkylation sites (tertiary alicyclic amines) is 1. The van der Waals surface area contributed by atoms with Gasteiger partial charge in [-0.25, -0.2) is 0 Å². The number of aliphatic hydroxyl groups is 2. The van der Waals surface area contributed by atoms with Crippen molar-refractivity contribution in [2.45, 2.75) is 44.1 Å². The molecule has 4 atom stereocenters. The number of hydrogen-bond donors (Lipinski definition) is 3. The summed E-state index contributed by atoms with van der Waals surface area (Å²) >= 11 is 0. The molecular weight excluding hydrogens is 312 g/mol. The average molecular weight is 338 g/mol. The van der Waals surface area contributed by atoms with Crippen LogP contribution in [0.3, 0.4) is 0 Å². The highest BCUT2D eigenvalue weighted by molar-refractivity contribution is 5.91. The van der Waals surface area contributed by atoms with Crippen molar-refractivity contribution in [3.05, 3.63) is 24.2 Å². The third-order valence-electron chi connectivity index (χ3n) is 5.09. The van der Waals surface area contributed by atoms with Crippen molar-refractivity contribution in [3.8, 4) is 0 Å². The van der Waals surface area contributed by atoms with Gasteiger partial charge in [-0.2, -0.15) is 0 Å². The molecule has 134 valence electrons. The van der Waals surface area contributed by atoms with Gasteiger partial charge in [-0.1, -0.05) is 6.92 Å². The minimum absolute atomic E-state index is 0.216. The van der Waals surface area contributed by atoms with Crippen LogP contribution in [0.1, 0.15) is 30.3 Å². The van der Waals surface area contributed by atoms with Crippen molar-refractivity contribution in [1.29, 1.82) is 0 Å². The first kappa shape index (κ1) is 17.4. The van der Waals surface area contributed by atoms with Crippen LogP contribution < -0.4 is 5.32 Å². The molecule has 3 heterocycles. The van der Waals surface area contributed by atoms with Crippen molar-refractivity contribution in [1.82, 2.24) is 10.2 Å². The molecule has 1 aromatic rings. The van der Waals surface area contributed by atoms with Gasteiger partial charge in [0.25, 0.3) is 5.91 Å². The highest BCUT2D eigenvalue weighted by Gasteiger charge is 2.46. The number of furan rings is 1. The Morgan fingerprint density at radius 3 is 2.75 bits per heavy atom. The van der Waals surface area contributed by atoms with Gasteiger partial charge in [-0.3, -0.25) is 9.69 Å². The molecule has 3 rings (SSSR count). The molecule has 1 amide bonds. The van der Waals surface area contributed by atoms with E-state index in [1.807, 2.05) is 0 Å². The van der Waals surface area contributed by atoms with Crippen molar-refractivity contribution in [2.24, 2.45) is 5.92 Å². The molecule has 7 nitrogen and oxygen atoms in total. The van der Waals surface area contributed by atoms with Crippen LogP contribution >= 0.6 is 0 Å². The third-order valence-corrected chi connectivity index (χ3v) is 5.09. The molecule has 0 spiro atoms. The van der Waals surface area contributed by atoms with Crippen LogP contribution in [0, 0.1) is 5.92 Å². The van der Waals surface area contributed by atoms with E-state index >= 15 is 0 Å². The highest BCUT2D eigenvalue weighted by atomic mass is 16.5. The Bertz CT molecular complexity index is 527. The SMILES string of the molecule is CC1CCN([C@H]2[C@H](O)[C@H](CO)O[C@@H]2CNC(=O)c2ccco2)CC1. The van der Waals surface area contributed by atoms with Crippen LogP contribution in [0.15, 0.2) is 22.8 Å². The van der Waals surface area contributed by atoms with E-state index in [4.69, 9.17) is 9.15 Å². The number of carbonyl (C=O) groups excluding carboxylic acids is 1. The van der Waals surface area contributed by atoms with E-state index in [2.05, 4.69) is 17.1 Å². The second-order valence-corrected chi connectivity index (χ2v) is 6.78. The molecule has 7 heteroatoms. The number of aliphatic hydroxyl groups excluding tert-OH is 2. The number of piperidine rings is 1. The lowest BCUT2D eigenvalue weighted by Gasteiger charge is -2.38. The van der Waals surface area contributed by atoms with Crippen LogP contribution in [0.25, 0.3) is 0 Å².